The first-order valence-corrected chi connectivity index (χ1v) is 6.50. The SMILES string of the molecule is Fc1cccc(Br)c1NC1CCSC1. The highest BCUT2D eigenvalue weighted by atomic mass is 79.9. The molecule has 0 saturated carbocycles. The van der Waals surface area contributed by atoms with E-state index in [0.717, 1.165) is 16.6 Å². The number of rotatable bonds is 2. The Kier molecular flexibility index (Phi) is 3.34. The number of benzene rings is 1. The van der Waals surface area contributed by atoms with Crippen LogP contribution < -0.4 is 5.32 Å². The maximum absolute atomic E-state index is 13.4. The standard InChI is InChI=1S/C10H11BrFNS/c11-8-2-1-3-9(12)10(8)13-7-4-5-14-6-7/h1-3,7,13H,4-6H2. The monoisotopic (exact) mass is 275 g/mol. The predicted molar refractivity (Wildman–Crippen MR) is 63.5 cm³/mol. The van der Waals surface area contributed by atoms with Crippen LogP contribution in [0.4, 0.5) is 10.1 Å². The van der Waals surface area contributed by atoms with Gasteiger partial charge >= 0.3 is 0 Å². The molecule has 1 aromatic rings. The highest BCUT2D eigenvalue weighted by Crippen LogP contribution is 2.28. The first-order chi connectivity index (χ1) is 6.77. The molecule has 14 heavy (non-hydrogen) atoms. The van der Waals surface area contributed by atoms with Gasteiger partial charge in [0.1, 0.15) is 5.82 Å². The van der Waals surface area contributed by atoms with Gasteiger partial charge in [0.25, 0.3) is 0 Å². The largest absolute Gasteiger partial charge is 0.378 e. The first-order valence-electron chi connectivity index (χ1n) is 4.55. The molecule has 1 atom stereocenters. The first kappa shape index (κ1) is 10.3. The molecule has 76 valence electrons. The molecule has 1 fully saturated rings. The molecule has 1 aromatic carbocycles. The van der Waals surface area contributed by atoms with Gasteiger partial charge in [-0.25, -0.2) is 4.39 Å². The molecule has 0 spiro atoms. The van der Waals surface area contributed by atoms with Crippen molar-refractivity contribution in [3.63, 3.8) is 0 Å². The number of hydrogen-bond acceptors (Lipinski definition) is 2. The lowest BCUT2D eigenvalue weighted by Gasteiger charge is -2.14. The fourth-order valence-electron chi connectivity index (χ4n) is 1.49. The summed E-state index contributed by atoms with van der Waals surface area (Å²) in [4.78, 5) is 0. The Bertz CT molecular complexity index is 306. The summed E-state index contributed by atoms with van der Waals surface area (Å²) < 4.78 is 14.2. The van der Waals surface area contributed by atoms with Crippen LogP contribution >= 0.6 is 27.7 Å². The van der Waals surface area contributed by atoms with Gasteiger partial charge in [0.15, 0.2) is 0 Å². The number of hydrogen-bond donors (Lipinski definition) is 1. The molecule has 0 aliphatic carbocycles. The van der Waals surface area contributed by atoms with E-state index >= 15 is 0 Å². The summed E-state index contributed by atoms with van der Waals surface area (Å²) in [6.45, 7) is 0. The minimum absolute atomic E-state index is 0.184. The molecule has 0 amide bonds. The third kappa shape index (κ3) is 2.23. The van der Waals surface area contributed by atoms with Crippen molar-refractivity contribution in [2.24, 2.45) is 0 Å². The molecule has 1 unspecified atom stereocenters. The van der Waals surface area contributed by atoms with E-state index in [-0.39, 0.29) is 5.82 Å². The fraction of sp³-hybridized carbons (Fsp3) is 0.400. The zero-order chi connectivity index (χ0) is 9.97. The topological polar surface area (TPSA) is 12.0 Å². The van der Waals surface area contributed by atoms with Crippen molar-refractivity contribution in [1.29, 1.82) is 0 Å². The summed E-state index contributed by atoms with van der Waals surface area (Å²) in [5.74, 6) is 2.06. The second-order valence-corrected chi connectivity index (χ2v) is 5.31. The lowest BCUT2D eigenvalue weighted by atomic mass is 10.2. The highest BCUT2D eigenvalue weighted by molar-refractivity contribution is 9.10. The van der Waals surface area contributed by atoms with Gasteiger partial charge in [-0.15, -0.1) is 0 Å². The van der Waals surface area contributed by atoms with Gasteiger partial charge in [-0.05, 0) is 40.2 Å². The number of thioether (sulfide) groups is 1. The molecule has 0 aromatic heterocycles. The van der Waals surface area contributed by atoms with Crippen molar-refractivity contribution in [3.05, 3.63) is 28.5 Å². The summed E-state index contributed by atoms with van der Waals surface area (Å²) >= 11 is 5.26. The van der Waals surface area contributed by atoms with E-state index in [1.54, 1.807) is 6.07 Å². The Hall–Kier alpha value is -0.220. The van der Waals surface area contributed by atoms with Crippen LogP contribution in [0.2, 0.25) is 0 Å². The smallest absolute Gasteiger partial charge is 0.147 e. The second-order valence-electron chi connectivity index (χ2n) is 3.30. The van der Waals surface area contributed by atoms with Crippen LogP contribution in [0.1, 0.15) is 6.42 Å². The van der Waals surface area contributed by atoms with E-state index < -0.39 is 0 Å². The van der Waals surface area contributed by atoms with Crippen LogP contribution in [-0.4, -0.2) is 17.5 Å². The Morgan fingerprint density at radius 1 is 1.50 bits per heavy atom. The van der Waals surface area contributed by atoms with Crippen LogP contribution in [-0.2, 0) is 0 Å². The van der Waals surface area contributed by atoms with Crippen molar-refractivity contribution in [2.45, 2.75) is 12.5 Å². The Morgan fingerprint density at radius 3 is 3.00 bits per heavy atom. The van der Waals surface area contributed by atoms with Crippen molar-refractivity contribution in [3.8, 4) is 0 Å². The number of anilines is 1. The second kappa shape index (κ2) is 4.53. The van der Waals surface area contributed by atoms with Crippen molar-refractivity contribution >= 4 is 33.4 Å². The van der Waals surface area contributed by atoms with E-state index in [9.17, 15) is 4.39 Å². The Morgan fingerprint density at radius 2 is 2.36 bits per heavy atom. The third-order valence-corrected chi connectivity index (χ3v) is 4.06. The summed E-state index contributed by atoms with van der Waals surface area (Å²) in [7, 11) is 0. The van der Waals surface area contributed by atoms with E-state index in [2.05, 4.69) is 21.2 Å². The van der Waals surface area contributed by atoms with E-state index in [0.29, 0.717) is 11.7 Å². The molecule has 0 bridgehead atoms. The quantitative estimate of drug-likeness (QED) is 0.887. The molecule has 1 aliphatic rings. The minimum Gasteiger partial charge on any atom is -0.378 e. The van der Waals surface area contributed by atoms with Crippen LogP contribution in [0.15, 0.2) is 22.7 Å². The lowest BCUT2D eigenvalue weighted by Crippen LogP contribution is -2.19. The molecule has 4 heteroatoms. The van der Waals surface area contributed by atoms with Crippen LogP contribution in [0.3, 0.4) is 0 Å². The molecule has 1 nitrogen and oxygen atoms in total. The van der Waals surface area contributed by atoms with Gasteiger partial charge in [-0.3, -0.25) is 0 Å². The van der Waals surface area contributed by atoms with E-state index in [4.69, 9.17) is 0 Å². The van der Waals surface area contributed by atoms with Crippen LogP contribution in [0.25, 0.3) is 0 Å². The summed E-state index contributed by atoms with van der Waals surface area (Å²) in [5, 5.41) is 3.23. The zero-order valence-corrected chi connectivity index (χ0v) is 10.00. The Labute approximate surface area is 95.6 Å². The normalized spacial score (nSPS) is 21.1. The van der Waals surface area contributed by atoms with Gasteiger partial charge < -0.3 is 5.32 Å². The summed E-state index contributed by atoms with van der Waals surface area (Å²) in [6.07, 6.45) is 1.12. The zero-order valence-electron chi connectivity index (χ0n) is 7.59. The molecule has 1 saturated heterocycles. The molecule has 1 aliphatic heterocycles. The molecule has 0 radical (unpaired) electrons. The van der Waals surface area contributed by atoms with E-state index in [1.807, 2.05) is 17.8 Å². The molecule has 2 rings (SSSR count). The van der Waals surface area contributed by atoms with Gasteiger partial charge in [0.2, 0.25) is 0 Å². The number of nitrogens with one attached hydrogen (secondary N) is 1. The summed E-state index contributed by atoms with van der Waals surface area (Å²) in [5.41, 5.74) is 0.597. The van der Waals surface area contributed by atoms with Crippen molar-refractivity contribution in [2.75, 3.05) is 16.8 Å². The maximum atomic E-state index is 13.4. The number of para-hydroxylation sites is 1. The van der Waals surface area contributed by atoms with Gasteiger partial charge in [-0.2, -0.15) is 11.8 Å². The van der Waals surface area contributed by atoms with Gasteiger partial charge in [0, 0.05) is 16.3 Å². The molecular weight excluding hydrogens is 265 g/mol. The minimum atomic E-state index is -0.184. The average Bonchev–Trinajstić information content (AvgIpc) is 2.64. The van der Waals surface area contributed by atoms with Crippen molar-refractivity contribution in [1.82, 2.24) is 0 Å². The van der Waals surface area contributed by atoms with Crippen molar-refractivity contribution < 1.29 is 4.39 Å². The van der Waals surface area contributed by atoms with Crippen LogP contribution in [0.5, 0.6) is 0 Å². The lowest BCUT2D eigenvalue weighted by molar-refractivity contribution is 0.625. The predicted octanol–water partition coefficient (Wildman–Crippen LogP) is 3.51. The summed E-state index contributed by atoms with van der Waals surface area (Å²) in [6, 6.07) is 5.45. The molecule has 1 heterocycles. The third-order valence-electron chi connectivity index (χ3n) is 2.24. The molecule has 1 N–H and O–H groups in total. The van der Waals surface area contributed by atoms with Gasteiger partial charge in [-0.1, -0.05) is 6.07 Å². The Balaban J connectivity index is 2.14. The number of halogens is 2. The maximum Gasteiger partial charge on any atom is 0.147 e. The fourth-order valence-corrected chi connectivity index (χ4v) is 3.10. The van der Waals surface area contributed by atoms with Gasteiger partial charge in [0.05, 0.1) is 5.69 Å². The van der Waals surface area contributed by atoms with E-state index in [1.165, 1.54) is 11.8 Å². The molecular formula is C10H11BrFNS. The average molecular weight is 276 g/mol. The van der Waals surface area contributed by atoms with Crippen LogP contribution in [0, 0.1) is 5.82 Å². The highest BCUT2D eigenvalue weighted by Gasteiger charge is 2.17.